The van der Waals surface area contributed by atoms with Crippen molar-refractivity contribution in [3.63, 3.8) is 0 Å². The van der Waals surface area contributed by atoms with Crippen LogP contribution in [-0.2, 0) is 14.3 Å². The topological polar surface area (TPSA) is 102 Å². The molecule has 0 aromatic heterocycles. The maximum atomic E-state index is 11.3. The maximum Gasteiger partial charge on any atom is 0.333 e. The van der Waals surface area contributed by atoms with E-state index in [9.17, 15) is 20.0 Å². The van der Waals surface area contributed by atoms with Gasteiger partial charge in [-0.1, -0.05) is 6.58 Å². The van der Waals surface area contributed by atoms with Crippen LogP contribution in [0.4, 0.5) is 11.4 Å². The first-order valence-electron chi connectivity index (χ1n) is 8.52. The third-order valence-corrected chi connectivity index (χ3v) is 4.20. The molecule has 1 aromatic carbocycles. The summed E-state index contributed by atoms with van der Waals surface area (Å²) in [6.07, 6.45) is 1.06. The zero-order valence-corrected chi connectivity index (χ0v) is 14.8. The summed E-state index contributed by atoms with van der Waals surface area (Å²) in [7, 11) is 0. The van der Waals surface area contributed by atoms with Crippen molar-refractivity contribution >= 4 is 17.3 Å². The fourth-order valence-corrected chi connectivity index (χ4v) is 2.80. The molecule has 0 bridgehead atoms. The predicted molar refractivity (Wildman–Crippen MR) is 95.8 cm³/mol. The molecule has 1 saturated heterocycles. The van der Waals surface area contributed by atoms with E-state index in [1.54, 1.807) is 19.1 Å². The molecule has 2 atom stereocenters. The zero-order chi connectivity index (χ0) is 19.1. The Balaban J connectivity index is 1.80. The molecule has 1 aromatic rings. The Bertz CT molecular complexity index is 646. The van der Waals surface area contributed by atoms with Gasteiger partial charge in [0.15, 0.2) is 6.29 Å². The predicted octanol–water partition coefficient (Wildman–Crippen LogP) is 2.41. The summed E-state index contributed by atoms with van der Waals surface area (Å²) in [4.78, 5) is 23.7. The summed E-state index contributed by atoms with van der Waals surface area (Å²) in [5.74, 6) is -0.489. The number of benzene rings is 1. The van der Waals surface area contributed by atoms with Crippen molar-refractivity contribution in [2.45, 2.75) is 38.5 Å². The van der Waals surface area contributed by atoms with Gasteiger partial charge in [-0.15, -0.1) is 0 Å². The number of esters is 1. The number of aliphatic hydroxyl groups excluding tert-OH is 1. The van der Waals surface area contributed by atoms with Gasteiger partial charge in [0.1, 0.15) is 0 Å². The molecule has 0 amide bonds. The van der Waals surface area contributed by atoms with E-state index in [-0.39, 0.29) is 24.8 Å². The quantitative estimate of drug-likeness (QED) is 0.236. The van der Waals surface area contributed by atoms with E-state index in [2.05, 4.69) is 11.5 Å². The molecular formula is C18H24N2O6. The lowest BCUT2D eigenvalue weighted by Crippen LogP contribution is -2.34. The van der Waals surface area contributed by atoms with Crippen LogP contribution in [0.3, 0.4) is 0 Å². The number of aliphatic hydroxyl groups is 1. The van der Waals surface area contributed by atoms with Gasteiger partial charge in [0, 0.05) is 36.4 Å². The van der Waals surface area contributed by atoms with Crippen molar-refractivity contribution in [1.82, 2.24) is 0 Å². The molecule has 0 spiro atoms. The maximum absolute atomic E-state index is 11.3. The lowest BCUT2D eigenvalue weighted by Gasteiger charge is -2.27. The Kier molecular flexibility index (Phi) is 7.11. The second-order valence-corrected chi connectivity index (χ2v) is 6.26. The molecule has 2 unspecified atom stereocenters. The van der Waals surface area contributed by atoms with Gasteiger partial charge in [-0.2, -0.15) is 0 Å². The van der Waals surface area contributed by atoms with E-state index in [0.29, 0.717) is 12.2 Å². The van der Waals surface area contributed by atoms with E-state index >= 15 is 0 Å². The number of carbonyl (C=O) groups is 1. The molecule has 1 heterocycles. The van der Waals surface area contributed by atoms with Gasteiger partial charge in [0.05, 0.1) is 24.2 Å². The number of hydrogen-bond acceptors (Lipinski definition) is 7. The SMILES string of the molecule is C=C(C)C(=O)OCCC(O)OCC1CCCN1c1ccc([N+](=O)[O-])cc1. The Morgan fingerprint density at radius 2 is 2.15 bits per heavy atom. The molecule has 1 aliphatic rings. The first-order chi connectivity index (χ1) is 12.4. The number of ether oxygens (including phenoxy) is 2. The van der Waals surface area contributed by atoms with Crippen LogP contribution < -0.4 is 4.90 Å². The van der Waals surface area contributed by atoms with Gasteiger partial charge in [-0.3, -0.25) is 10.1 Å². The van der Waals surface area contributed by atoms with Gasteiger partial charge in [0.25, 0.3) is 5.69 Å². The molecule has 1 fully saturated rings. The van der Waals surface area contributed by atoms with Crippen LogP contribution in [0, 0.1) is 10.1 Å². The molecule has 1 aliphatic heterocycles. The van der Waals surface area contributed by atoms with Crippen LogP contribution >= 0.6 is 0 Å². The Labute approximate surface area is 152 Å². The minimum atomic E-state index is -1.02. The van der Waals surface area contributed by atoms with Crippen LogP contribution in [0.1, 0.15) is 26.2 Å². The van der Waals surface area contributed by atoms with Gasteiger partial charge >= 0.3 is 5.97 Å². The fourth-order valence-electron chi connectivity index (χ4n) is 2.80. The number of non-ortho nitro benzene ring substituents is 1. The van der Waals surface area contributed by atoms with E-state index in [1.807, 2.05) is 0 Å². The molecule has 1 N–H and O–H groups in total. The molecule has 8 heteroatoms. The molecular weight excluding hydrogens is 340 g/mol. The van der Waals surface area contributed by atoms with Crippen molar-refractivity contribution in [3.05, 3.63) is 46.5 Å². The third kappa shape index (κ3) is 5.53. The van der Waals surface area contributed by atoms with Crippen LogP contribution in [0.2, 0.25) is 0 Å². The first kappa shape index (κ1) is 19.9. The highest BCUT2D eigenvalue weighted by molar-refractivity contribution is 5.86. The minimum absolute atomic E-state index is 0.0560. The number of nitro benzene ring substituents is 1. The summed E-state index contributed by atoms with van der Waals surface area (Å²) in [5, 5.41) is 20.6. The zero-order valence-electron chi connectivity index (χ0n) is 14.8. The van der Waals surface area contributed by atoms with E-state index in [4.69, 9.17) is 9.47 Å². The molecule has 8 nitrogen and oxygen atoms in total. The fraction of sp³-hybridized carbons (Fsp3) is 0.500. The Morgan fingerprint density at radius 1 is 1.46 bits per heavy atom. The van der Waals surface area contributed by atoms with E-state index in [0.717, 1.165) is 25.1 Å². The molecule has 0 aliphatic carbocycles. The number of carbonyl (C=O) groups excluding carboxylic acids is 1. The van der Waals surface area contributed by atoms with E-state index in [1.165, 1.54) is 12.1 Å². The Hall–Kier alpha value is -2.45. The minimum Gasteiger partial charge on any atom is -0.462 e. The van der Waals surface area contributed by atoms with Crippen LogP contribution in [0.5, 0.6) is 0 Å². The molecule has 0 radical (unpaired) electrons. The molecule has 2 rings (SSSR count). The summed E-state index contributed by atoms with van der Waals surface area (Å²) in [6, 6.07) is 6.50. The van der Waals surface area contributed by atoms with Crippen molar-refractivity contribution in [3.8, 4) is 0 Å². The number of anilines is 1. The molecule has 0 saturated carbocycles. The first-order valence-corrected chi connectivity index (χ1v) is 8.52. The van der Waals surface area contributed by atoms with Crippen LogP contribution in [0.25, 0.3) is 0 Å². The van der Waals surface area contributed by atoms with E-state index < -0.39 is 17.2 Å². The summed E-state index contributed by atoms with van der Waals surface area (Å²) in [5.41, 5.74) is 1.26. The lowest BCUT2D eigenvalue weighted by molar-refractivity contribution is -0.384. The average Bonchev–Trinajstić information content (AvgIpc) is 3.08. The van der Waals surface area contributed by atoms with Crippen molar-refractivity contribution in [2.24, 2.45) is 0 Å². The standard InChI is InChI=1S/C18H24N2O6/c1-13(2)18(22)25-11-9-17(21)26-12-16-4-3-10-19(16)14-5-7-15(8-6-14)20(23)24/h5-8,16-17,21H,1,3-4,9-12H2,2H3. The largest absolute Gasteiger partial charge is 0.462 e. The molecule has 142 valence electrons. The van der Waals surface area contributed by atoms with Gasteiger partial charge in [0.2, 0.25) is 0 Å². The van der Waals surface area contributed by atoms with Crippen molar-refractivity contribution in [2.75, 3.05) is 24.7 Å². The third-order valence-electron chi connectivity index (χ3n) is 4.20. The van der Waals surface area contributed by atoms with Crippen LogP contribution in [-0.4, -0.2) is 48.1 Å². The summed E-state index contributed by atoms with van der Waals surface area (Å²) in [6.45, 7) is 6.26. The second-order valence-electron chi connectivity index (χ2n) is 6.26. The van der Waals surface area contributed by atoms with Crippen LogP contribution in [0.15, 0.2) is 36.4 Å². The highest BCUT2D eigenvalue weighted by Gasteiger charge is 2.26. The van der Waals surface area contributed by atoms with Gasteiger partial charge in [-0.05, 0) is 31.9 Å². The number of hydrogen-bond donors (Lipinski definition) is 1. The average molecular weight is 364 g/mol. The van der Waals surface area contributed by atoms with Gasteiger partial charge < -0.3 is 19.5 Å². The lowest BCUT2D eigenvalue weighted by atomic mass is 10.2. The molecule has 26 heavy (non-hydrogen) atoms. The van der Waals surface area contributed by atoms with Crippen molar-refractivity contribution in [1.29, 1.82) is 0 Å². The number of nitro groups is 1. The highest BCUT2D eigenvalue weighted by atomic mass is 16.6. The van der Waals surface area contributed by atoms with Gasteiger partial charge in [-0.25, -0.2) is 4.79 Å². The second kappa shape index (κ2) is 9.30. The summed E-state index contributed by atoms with van der Waals surface area (Å²) < 4.78 is 10.4. The number of nitrogens with zero attached hydrogens (tertiary/aromatic N) is 2. The summed E-state index contributed by atoms with van der Waals surface area (Å²) >= 11 is 0. The van der Waals surface area contributed by atoms with Crippen molar-refractivity contribution < 1.29 is 24.3 Å². The smallest absolute Gasteiger partial charge is 0.333 e. The monoisotopic (exact) mass is 364 g/mol. The number of rotatable bonds is 9. The normalized spacial score (nSPS) is 17.8. The highest BCUT2D eigenvalue weighted by Crippen LogP contribution is 2.27. The Morgan fingerprint density at radius 3 is 2.77 bits per heavy atom.